The second-order valence-electron chi connectivity index (χ2n) is 3.02. The summed E-state index contributed by atoms with van der Waals surface area (Å²) in [5, 5.41) is 14.8. The number of aliphatic hydroxyl groups is 1. The van der Waals surface area contributed by atoms with Crippen LogP contribution in [0.3, 0.4) is 0 Å². The van der Waals surface area contributed by atoms with E-state index in [1.54, 1.807) is 13.0 Å². The summed E-state index contributed by atoms with van der Waals surface area (Å²) in [6, 6.07) is 1.58. The second kappa shape index (κ2) is 5.39. The van der Waals surface area contributed by atoms with E-state index < -0.39 is 0 Å². The van der Waals surface area contributed by atoms with Crippen LogP contribution in [0.15, 0.2) is 10.6 Å². The van der Waals surface area contributed by atoms with Crippen LogP contribution in [-0.2, 0) is 0 Å². The van der Waals surface area contributed by atoms with E-state index in [2.05, 4.69) is 10.5 Å². The van der Waals surface area contributed by atoms with Gasteiger partial charge in [-0.15, -0.1) is 0 Å². The molecule has 1 aromatic rings. The van der Waals surface area contributed by atoms with E-state index in [-0.39, 0.29) is 18.3 Å². The van der Waals surface area contributed by atoms with E-state index in [1.165, 1.54) is 0 Å². The minimum atomic E-state index is -0.261. The third-order valence-corrected chi connectivity index (χ3v) is 1.72. The van der Waals surface area contributed by atoms with E-state index in [9.17, 15) is 4.79 Å². The van der Waals surface area contributed by atoms with Crippen molar-refractivity contribution in [2.75, 3.05) is 13.2 Å². The Balaban J connectivity index is 2.29. The van der Waals surface area contributed by atoms with Crippen molar-refractivity contribution in [3.8, 4) is 0 Å². The van der Waals surface area contributed by atoms with Crippen LogP contribution in [-0.4, -0.2) is 29.3 Å². The molecule has 78 valence electrons. The van der Waals surface area contributed by atoms with E-state index in [0.29, 0.717) is 18.7 Å². The average molecular weight is 198 g/mol. The third-order valence-electron chi connectivity index (χ3n) is 1.72. The maximum Gasteiger partial charge on any atom is 0.289 e. The first-order valence-corrected chi connectivity index (χ1v) is 4.56. The lowest BCUT2D eigenvalue weighted by atomic mass is 10.3. The molecule has 0 atom stereocenters. The lowest BCUT2D eigenvalue weighted by molar-refractivity contribution is 0.0915. The van der Waals surface area contributed by atoms with Crippen LogP contribution in [0.4, 0.5) is 0 Å². The Labute approximate surface area is 82.1 Å². The van der Waals surface area contributed by atoms with Crippen LogP contribution in [0, 0.1) is 6.92 Å². The highest BCUT2D eigenvalue weighted by molar-refractivity contribution is 5.91. The minimum Gasteiger partial charge on any atom is -0.396 e. The van der Waals surface area contributed by atoms with Crippen LogP contribution < -0.4 is 5.32 Å². The molecule has 5 heteroatoms. The molecule has 0 bridgehead atoms. The maximum absolute atomic E-state index is 11.3. The Morgan fingerprint density at radius 3 is 3.00 bits per heavy atom. The van der Waals surface area contributed by atoms with E-state index in [1.807, 2.05) is 0 Å². The number of rotatable bonds is 5. The van der Waals surface area contributed by atoms with Gasteiger partial charge in [-0.3, -0.25) is 4.79 Å². The predicted molar refractivity (Wildman–Crippen MR) is 49.9 cm³/mol. The number of aliphatic hydroxyl groups excluding tert-OH is 1. The molecule has 0 radical (unpaired) electrons. The molecule has 0 unspecified atom stereocenters. The van der Waals surface area contributed by atoms with Crippen LogP contribution in [0.25, 0.3) is 0 Å². The number of hydrogen-bond donors (Lipinski definition) is 2. The molecule has 0 saturated heterocycles. The third kappa shape index (κ3) is 3.18. The Bertz CT molecular complexity index is 296. The number of carbonyl (C=O) groups is 1. The summed E-state index contributed by atoms with van der Waals surface area (Å²) < 4.78 is 4.77. The molecule has 5 nitrogen and oxygen atoms in total. The molecule has 0 aromatic carbocycles. The highest BCUT2D eigenvalue weighted by atomic mass is 16.5. The van der Waals surface area contributed by atoms with E-state index in [0.717, 1.165) is 6.42 Å². The van der Waals surface area contributed by atoms with Crippen molar-refractivity contribution in [3.05, 3.63) is 17.5 Å². The minimum absolute atomic E-state index is 0.150. The van der Waals surface area contributed by atoms with Crippen LogP contribution in [0.5, 0.6) is 0 Å². The molecule has 0 aliphatic carbocycles. The summed E-state index contributed by atoms with van der Waals surface area (Å²) in [6.07, 6.45) is 1.45. The Kier molecular flexibility index (Phi) is 4.12. The van der Waals surface area contributed by atoms with Crippen molar-refractivity contribution < 1.29 is 14.4 Å². The molecular weight excluding hydrogens is 184 g/mol. The van der Waals surface area contributed by atoms with E-state index in [4.69, 9.17) is 9.63 Å². The van der Waals surface area contributed by atoms with Gasteiger partial charge < -0.3 is 14.9 Å². The summed E-state index contributed by atoms with van der Waals surface area (Å²) in [5.74, 6) is -0.0324. The van der Waals surface area contributed by atoms with Crippen molar-refractivity contribution in [2.45, 2.75) is 19.8 Å². The van der Waals surface area contributed by atoms with Gasteiger partial charge in [-0.1, -0.05) is 5.16 Å². The highest BCUT2D eigenvalue weighted by Gasteiger charge is 2.09. The topological polar surface area (TPSA) is 75.4 Å². The molecule has 0 fully saturated rings. The van der Waals surface area contributed by atoms with Gasteiger partial charge in [-0.25, -0.2) is 0 Å². The number of nitrogens with zero attached hydrogens (tertiary/aromatic N) is 1. The van der Waals surface area contributed by atoms with Crippen LogP contribution in [0.1, 0.15) is 29.1 Å². The van der Waals surface area contributed by atoms with Gasteiger partial charge in [0.2, 0.25) is 5.76 Å². The molecule has 14 heavy (non-hydrogen) atoms. The number of aryl methyl sites for hydroxylation is 1. The van der Waals surface area contributed by atoms with Gasteiger partial charge in [0.1, 0.15) is 0 Å². The van der Waals surface area contributed by atoms with Crippen molar-refractivity contribution in [1.29, 1.82) is 0 Å². The molecule has 1 heterocycles. The number of hydrogen-bond acceptors (Lipinski definition) is 4. The average Bonchev–Trinajstić information content (AvgIpc) is 2.59. The van der Waals surface area contributed by atoms with Gasteiger partial charge in [0.25, 0.3) is 5.91 Å². The fourth-order valence-corrected chi connectivity index (χ4v) is 0.996. The normalized spacial score (nSPS) is 10.1. The summed E-state index contributed by atoms with van der Waals surface area (Å²) in [4.78, 5) is 11.3. The molecule has 1 rings (SSSR count). The SMILES string of the molecule is Cc1cc(C(=O)NCCCCO)on1. The van der Waals surface area contributed by atoms with E-state index >= 15 is 0 Å². The zero-order valence-corrected chi connectivity index (χ0v) is 8.12. The number of amides is 1. The van der Waals surface area contributed by atoms with Gasteiger partial charge in [0, 0.05) is 19.2 Å². The van der Waals surface area contributed by atoms with Gasteiger partial charge in [0.15, 0.2) is 0 Å². The summed E-state index contributed by atoms with van der Waals surface area (Å²) in [6.45, 7) is 2.45. The smallest absolute Gasteiger partial charge is 0.289 e. The first kappa shape index (κ1) is 10.7. The standard InChI is InChI=1S/C9H14N2O3/c1-7-6-8(14-11-7)9(13)10-4-2-3-5-12/h6,12H,2-5H2,1H3,(H,10,13). The predicted octanol–water partition coefficient (Wildman–Crippen LogP) is 0.485. The number of unbranched alkanes of at least 4 members (excludes halogenated alkanes) is 1. The maximum atomic E-state index is 11.3. The lowest BCUT2D eigenvalue weighted by Crippen LogP contribution is -2.24. The Hall–Kier alpha value is -1.36. The van der Waals surface area contributed by atoms with Crippen molar-refractivity contribution in [3.63, 3.8) is 0 Å². The molecule has 0 spiro atoms. The van der Waals surface area contributed by atoms with Crippen LogP contribution in [0.2, 0.25) is 0 Å². The Morgan fingerprint density at radius 2 is 2.43 bits per heavy atom. The molecular formula is C9H14N2O3. The number of nitrogens with one attached hydrogen (secondary N) is 1. The molecule has 0 saturated carbocycles. The highest BCUT2D eigenvalue weighted by Crippen LogP contribution is 2.01. The molecule has 0 aliphatic rings. The fourth-order valence-electron chi connectivity index (χ4n) is 0.996. The van der Waals surface area contributed by atoms with Crippen molar-refractivity contribution in [1.82, 2.24) is 10.5 Å². The monoisotopic (exact) mass is 198 g/mol. The van der Waals surface area contributed by atoms with Gasteiger partial charge in [-0.05, 0) is 19.8 Å². The van der Waals surface area contributed by atoms with Crippen molar-refractivity contribution >= 4 is 5.91 Å². The van der Waals surface area contributed by atoms with Gasteiger partial charge in [0.05, 0.1) is 5.69 Å². The van der Waals surface area contributed by atoms with Gasteiger partial charge in [-0.2, -0.15) is 0 Å². The van der Waals surface area contributed by atoms with Crippen LogP contribution >= 0.6 is 0 Å². The molecule has 0 aliphatic heterocycles. The zero-order valence-electron chi connectivity index (χ0n) is 8.12. The molecule has 2 N–H and O–H groups in total. The summed E-state index contributed by atoms with van der Waals surface area (Å²) >= 11 is 0. The molecule has 1 amide bonds. The quantitative estimate of drug-likeness (QED) is 0.675. The number of aromatic nitrogens is 1. The fraction of sp³-hybridized carbons (Fsp3) is 0.556. The first-order chi connectivity index (χ1) is 6.74. The summed E-state index contributed by atoms with van der Waals surface area (Å²) in [7, 11) is 0. The second-order valence-corrected chi connectivity index (χ2v) is 3.02. The zero-order chi connectivity index (χ0) is 10.4. The molecule has 1 aromatic heterocycles. The largest absolute Gasteiger partial charge is 0.396 e. The summed E-state index contributed by atoms with van der Waals surface area (Å²) in [5.41, 5.74) is 0.686. The first-order valence-electron chi connectivity index (χ1n) is 4.56. The lowest BCUT2D eigenvalue weighted by Gasteiger charge is -2.00. The Morgan fingerprint density at radius 1 is 1.64 bits per heavy atom. The van der Waals surface area contributed by atoms with Gasteiger partial charge >= 0.3 is 0 Å². The van der Waals surface area contributed by atoms with Crippen molar-refractivity contribution in [2.24, 2.45) is 0 Å². The number of carbonyl (C=O) groups excluding carboxylic acids is 1.